The Balaban J connectivity index is 1.99. The highest BCUT2D eigenvalue weighted by Crippen LogP contribution is 2.37. The van der Waals surface area contributed by atoms with E-state index in [4.69, 9.17) is 0 Å². The second kappa shape index (κ2) is 8.19. The summed E-state index contributed by atoms with van der Waals surface area (Å²) < 4.78 is 0. The van der Waals surface area contributed by atoms with E-state index in [9.17, 15) is 0 Å². The molecule has 1 aliphatic rings. The van der Waals surface area contributed by atoms with Crippen LogP contribution in [0.3, 0.4) is 0 Å². The number of benzene rings is 1. The molecule has 0 heterocycles. The monoisotopic (exact) mass is 337 g/mol. The van der Waals surface area contributed by atoms with Crippen LogP contribution < -0.4 is 0 Å². The Morgan fingerprint density at radius 2 is 1.70 bits per heavy atom. The van der Waals surface area contributed by atoms with Gasteiger partial charge in [0.1, 0.15) is 0 Å². The summed E-state index contributed by atoms with van der Waals surface area (Å²) in [6.45, 7) is 5.76. The van der Waals surface area contributed by atoms with Crippen molar-refractivity contribution in [1.29, 1.82) is 0 Å². The molecule has 0 aliphatic heterocycles. The van der Waals surface area contributed by atoms with E-state index >= 15 is 0 Å². The van der Waals surface area contributed by atoms with Gasteiger partial charge in [-0.15, -0.1) is 0 Å². The summed E-state index contributed by atoms with van der Waals surface area (Å²) in [5, 5.41) is 1.16. The maximum atomic E-state index is 3.82. The maximum absolute atomic E-state index is 3.82. The van der Waals surface area contributed by atoms with Gasteiger partial charge in [-0.3, -0.25) is 4.90 Å². The summed E-state index contributed by atoms with van der Waals surface area (Å²) in [5.41, 5.74) is 1.94. The summed E-state index contributed by atoms with van der Waals surface area (Å²) in [7, 11) is 0. The quantitative estimate of drug-likeness (QED) is 0.506. The number of alkyl halides is 1. The van der Waals surface area contributed by atoms with Gasteiger partial charge in [0.15, 0.2) is 0 Å². The fourth-order valence-corrected chi connectivity index (χ4v) is 4.15. The van der Waals surface area contributed by atoms with Crippen molar-refractivity contribution < 1.29 is 0 Å². The second-order valence-corrected chi connectivity index (χ2v) is 6.90. The Labute approximate surface area is 132 Å². The van der Waals surface area contributed by atoms with Crippen LogP contribution in [-0.4, -0.2) is 23.3 Å². The molecule has 0 saturated heterocycles. The highest BCUT2D eigenvalue weighted by Gasteiger charge is 2.31. The van der Waals surface area contributed by atoms with Crippen molar-refractivity contribution in [2.45, 2.75) is 52.0 Å². The Hall–Kier alpha value is -0.340. The first kappa shape index (κ1) is 16.0. The minimum absolute atomic E-state index is 0.501. The molecule has 0 radical (unpaired) electrons. The van der Waals surface area contributed by atoms with Crippen molar-refractivity contribution >= 4 is 15.9 Å². The van der Waals surface area contributed by atoms with E-state index in [0.29, 0.717) is 5.41 Å². The lowest BCUT2D eigenvalue weighted by molar-refractivity contribution is 0.151. The minimum atomic E-state index is 0.501. The fraction of sp³-hybridized carbons (Fsp3) is 0.667. The molecule has 2 heteroatoms. The van der Waals surface area contributed by atoms with Crippen LogP contribution in [0.5, 0.6) is 0 Å². The summed E-state index contributed by atoms with van der Waals surface area (Å²) in [4.78, 5) is 2.63. The van der Waals surface area contributed by atoms with E-state index in [2.05, 4.69) is 58.1 Å². The van der Waals surface area contributed by atoms with Crippen LogP contribution in [0.4, 0.5) is 0 Å². The van der Waals surface area contributed by atoms with Gasteiger partial charge in [-0.25, -0.2) is 0 Å². The van der Waals surface area contributed by atoms with Crippen LogP contribution in [0, 0.1) is 5.41 Å². The summed E-state index contributed by atoms with van der Waals surface area (Å²) >= 11 is 3.82. The van der Waals surface area contributed by atoms with Crippen molar-refractivity contribution in [2.75, 3.05) is 18.4 Å². The van der Waals surface area contributed by atoms with Crippen molar-refractivity contribution in [3.8, 4) is 0 Å². The lowest BCUT2D eigenvalue weighted by Gasteiger charge is -2.36. The van der Waals surface area contributed by atoms with Gasteiger partial charge in [-0.1, -0.05) is 78.9 Å². The number of rotatable bonds is 6. The van der Waals surface area contributed by atoms with E-state index in [1.54, 1.807) is 0 Å². The van der Waals surface area contributed by atoms with Crippen molar-refractivity contribution in [3.63, 3.8) is 0 Å². The molecule has 1 aromatic rings. The van der Waals surface area contributed by atoms with Crippen LogP contribution in [0.1, 0.15) is 51.0 Å². The number of hydrogen-bond donors (Lipinski definition) is 0. The molecule has 2 rings (SSSR count). The molecule has 0 amide bonds. The van der Waals surface area contributed by atoms with Crippen molar-refractivity contribution in [1.82, 2.24) is 4.90 Å². The molecular formula is C18H28BrN. The molecule has 0 spiro atoms. The topological polar surface area (TPSA) is 3.24 Å². The third kappa shape index (κ3) is 4.60. The molecule has 0 atom stereocenters. The highest BCUT2D eigenvalue weighted by molar-refractivity contribution is 9.09. The van der Waals surface area contributed by atoms with Crippen molar-refractivity contribution in [3.05, 3.63) is 35.9 Å². The van der Waals surface area contributed by atoms with Gasteiger partial charge in [-0.2, -0.15) is 0 Å². The van der Waals surface area contributed by atoms with E-state index < -0.39 is 0 Å². The molecule has 112 valence electrons. The van der Waals surface area contributed by atoms with Crippen LogP contribution >= 0.6 is 15.9 Å². The normalized spacial score (nSPS) is 18.9. The summed E-state index contributed by atoms with van der Waals surface area (Å²) in [6.07, 6.45) is 8.47. The summed E-state index contributed by atoms with van der Waals surface area (Å²) in [5.74, 6) is 0. The Bertz CT molecular complexity index is 368. The van der Waals surface area contributed by atoms with Gasteiger partial charge in [0.05, 0.1) is 0 Å². The van der Waals surface area contributed by atoms with Gasteiger partial charge in [0.2, 0.25) is 0 Å². The third-order valence-electron chi connectivity index (χ3n) is 4.70. The first-order chi connectivity index (χ1) is 9.78. The van der Waals surface area contributed by atoms with Crippen LogP contribution in [-0.2, 0) is 6.54 Å². The molecule has 1 fully saturated rings. The molecule has 0 bridgehead atoms. The number of hydrogen-bond acceptors (Lipinski definition) is 1. The minimum Gasteiger partial charge on any atom is -0.299 e. The molecule has 1 aliphatic carbocycles. The van der Waals surface area contributed by atoms with E-state index in [0.717, 1.165) is 18.4 Å². The van der Waals surface area contributed by atoms with Gasteiger partial charge in [0, 0.05) is 18.4 Å². The zero-order valence-electron chi connectivity index (χ0n) is 12.8. The fourth-order valence-electron chi connectivity index (χ4n) is 3.41. The molecule has 1 nitrogen and oxygen atoms in total. The second-order valence-electron chi connectivity index (χ2n) is 6.34. The number of halogens is 1. The lowest BCUT2D eigenvalue weighted by atomic mass is 9.82. The van der Waals surface area contributed by atoms with Gasteiger partial charge < -0.3 is 0 Å². The standard InChI is InChI=1S/C18H28BrN/c1-2-20(14-17-10-6-5-7-11-17)16-18(15-19)12-8-3-4-9-13-18/h5-7,10-11H,2-4,8-9,12-16H2,1H3. The molecule has 1 saturated carbocycles. The first-order valence-electron chi connectivity index (χ1n) is 8.10. The van der Waals surface area contributed by atoms with Crippen LogP contribution in [0.15, 0.2) is 30.3 Å². The van der Waals surface area contributed by atoms with Gasteiger partial charge >= 0.3 is 0 Å². The highest BCUT2D eigenvalue weighted by atomic mass is 79.9. The van der Waals surface area contributed by atoms with E-state index in [-0.39, 0.29) is 0 Å². The zero-order chi connectivity index (χ0) is 14.3. The molecular weight excluding hydrogens is 310 g/mol. The molecule has 20 heavy (non-hydrogen) atoms. The predicted molar refractivity (Wildman–Crippen MR) is 91.3 cm³/mol. The van der Waals surface area contributed by atoms with Gasteiger partial charge in [-0.05, 0) is 30.4 Å². The van der Waals surface area contributed by atoms with Crippen LogP contribution in [0.2, 0.25) is 0 Å². The average molecular weight is 338 g/mol. The van der Waals surface area contributed by atoms with Crippen LogP contribution in [0.25, 0.3) is 0 Å². The zero-order valence-corrected chi connectivity index (χ0v) is 14.4. The van der Waals surface area contributed by atoms with Crippen molar-refractivity contribution in [2.24, 2.45) is 5.41 Å². The molecule has 0 N–H and O–H groups in total. The van der Waals surface area contributed by atoms with E-state index in [1.807, 2.05) is 0 Å². The Morgan fingerprint density at radius 3 is 2.25 bits per heavy atom. The van der Waals surface area contributed by atoms with E-state index in [1.165, 1.54) is 50.6 Å². The third-order valence-corrected chi connectivity index (χ3v) is 5.89. The Morgan fingerprint density at radius 1 is 1.05 bits per heavy atom. The summed E-state index contributed by atoms with van der Waals surface area (Å²) in [6, 6.07) is 10.9. The molecule has 0 aromatic heterocycles. The molecule has 0 unspecified atom stereocenters. The number of nitrogens with zero attached hydrogens (tertiary/aromatic N) is 1. The SMILES string of the molecule is CCN(Cc1ccccc1)CC1(CBr)CCCCCC1. The lowest BCUT2D eigenvalue weighted by Crippen LogP contribution is -2.38. The first-order valence-corrected chi connectivity index (χ1v) is 9.22. The smallest absolute Gasteiger partial charge is 0.0233 e. The average Bonchev–Trinajstić information content (AvgIpc) is 2.74. The Kier molecular flexibility index (Phi) is 6.57. The largest absolute Gasteiger partial charge is 0.299 e. The van der Waals surface area contributed by atoms with Gasteiger partial charge in [0.25, 0.3) is 0 Å². The predicted octanol–water partition coefficient (Wildman–Crippen LogP) is 5.24. The molecule has 1 aromatic carbocycles. The maximum Gasteiger partial charge on any atom is 0.0233 e.